The third kappa shape index (κ3) is 16.5. The Morgan fingerprint density at radius 3 is 1.64 bits per heavy atom. The summed E-state index contributed by atoms with van der Waals surface area (Å²) in [7, 11) is -2.02. The lowest BCUT2D eigenvalue weighted by Gasteiger charge is -2.15. The number of rotatable bonds is 9. The molecule has 0 bridgehead atoms. The van der Waals surface area contributed by atoms with Crippen LogP contribution in [0.4, 0.5) is 0 Å². The Morgan fingerprint density at radius 2 is 1.28 bits per heavy atom. The second kappa shape index (κ2) is 12.6. The fourth-order valence-corrected chi connectivity index (χ4v) is 8.34. The molecule has 0 amide bonds. The standard InChI is InChI=1S/C21H32S2Si2/c1-9-11-13-21(23-17-19-25(6,7)8)15-14-20(12-10-2)22-16-18-24(3,4)5/h1,14-15H,16-19H2,2-8H3/b20-14-,21-15-. The number of thioether (sulfide) groups is 2. The van der Waals surface area contributed by atoms with Crippen LogP contribution in [0, 0.1) is 36.0 Å². The molecule has 25 heavy (non-hydrogen) atoms. The fourth-order valence-electron chi connectivity index (χ4n) is 1.56. The maximum absolute atomic E-state index is 5.29. The summed E-state index contributed by atoms with van der Waals surface area (Å²) in [5.74, 6) is 16.7. The van der Waals surface area contributed by atoms with Crippen molar-refractivity contribution in [3.05, 3.63) is 22.0 Å². The third-order valence-corrected chi connectivity index (χ3v) is 9.25. The molecule has 0 heterocycles. The molecule has 0 N–H and O–H groups in total. The van der Waals surface area contributed by atoms with Gasteiger partial charge in [0.25, 0.3) is 0 Å². The van der Waals surface area contributed by atoms with Crippen molar-refractivity contribution in [2.45, 2.75) is 58.3 Å². The maximum atomic E-state index is 5.29. The first-order valence-corrected chi connectivity index (χ1v) is 18.0. The Bertz CT molecular complexity index is 630. The largest absolute Gasteiger partial charge is 0.117 e. The molecule has 0 nitrogen and oxygen atoms in total. The normalized spacial score (nSPS) is 12.6. The zero-order valence-corrected chi connectivity index (χ0v) is 20.5. The molecule has 0 radical (unpaired) electrons. The van der Waals surface area contributed by atoms with E-state index in [4.69, 9.17) is 6.42 Å². The van der Waals surface area contributed by atoms with Gasteiger partial charge in [-0.3, -0.25) is 0 Å². The summed E-state index contributed by atoms with van der Waals surface area (Å²) in [6.45, 7) is 16.3. The van der Waals surface area contributed by atoms with Crippen LogP contribution in [0.1, 0.15) is 6.92 Å². The molecule has 0 atom stereocenters. The minimum absolute atomic E-state index is 1.00. The molecule has 0 aromatic rings. The van der Waals surface area contributed by atoms with Crippen LogP contribution in [0.25, 0.3) is 0 Å². The highest BCUT2D eigenvalue weighted by molar-refractivity contribution is 8.03. The molecule has 0 rings (SSSR count). The molecule has 0 aromatic carbocycles. The van der Waals surface area contributed by atoms with E-state index in [2.05, 4.69) is 81.0 Å². The lowest BCUT2D eigenvalue weighted by atomic mass is 10.4. The van der Waals surface area contributed by atoms with Crippen molar-refractivity contribution < 1.29 is 0 Å². The van der Waals surface area contributed by atoms with E-state index in [0.717, 1.165) is 21.3 Å². The molecule has 0 saturated carbocycles. The van der Waals surface area contributed by atoms with E-state index >= 15 is 0 Å². The zero-order chi connectivity index (χ0) is 19.3. The van der Waals surface area contributed by atoms with Crippen LogP contribution in [0.2, 0.25) is 51.4 Å². The number of terminal acetylenes is 1. The Morgan fingerprint density at radius 1 is 0.840 bits per heavy atom. The first-order chi connectivity index (χ1) is 11.6. The molecule has 0 aliphatic heterocycles. The Kier molecular flexibility index (Phi) is 12.3. The van der Waals surface area contributed by atoms with E-state index in [9.17, 15) is 0 Å². The quantitative estimate of drug-likeness (QED) is 0.242. The third-order valence-electron chi connectivity index (χ3n) is 3.11. The van der Waals surface area contributed by atoms with Crippen molar-refractivity contribution >= 4 is 39.7 Å². The average molecular weight is 405 g/mol. The first kappa shape index (κ1) is 24.3. The Balaban J connectivity index is 5.03. The first-order valence-electron chi connectivity index (χ1n) is 8.64. The highest BCUT2D eigenvalue weighted by Crippen LogP contribution is 2.23. The molecule has 0 saturated heterocycles. The molecule has 0 aromatic heterocycles. The molecule has 0 aliphatic carbocycles. The van der Waals surface area contributed by atoms with Gasteiger partial charge in [-0.05, 0) is 60.4 Å². The molecule has 0 fully saturated rings. The summed E-state index contributed by atoms with van der Waals surface area (Å²) in [5, 5.41) is 0. The topological polar surface area (TPSA) is 0 Å². The van der Waals surface area contributed by atoms with Crippen LogP contribution in [-0.2, 0) is 0 Å². The summed E-state index contributed by atoms with van der Waals surface area (Å²) >= 11 is 3.66. The van der Waals surface area contributed by atoms with Crippen molar-refractivity contribution in [1.29, 1.82) is 0 Å². The van der Waals surface area contributed by atoms with Gasteiger partial charge >= 0.3 is 0 Å². The summed E-state index contributed by atoms with van der Waals surface area (Å²) < 4.78 is 0. The van der Waals surface area contributed by atoms with Crippen LogP contribution < -0.4 is 0 Å². The van der Waals surface area contributed by atoms with E-state index in [1.807, 2.05) is 30.4 Å². The minimum atomic E-state index is -1.02. The molecule has 0 aliphatic rings. The molecule has 0 spiro atoms. The monoisotopic (exact) mass is 404 g/mol. The van der Waals surface area contributed by atoms with Crippen molar-refractivity contribution in [1.82, 2.24) is 0 Å². The van der Waals surface area contributed by atoms with Gasteiger partial charge in [-0.2, -0.15) is 0 Å². The fraction of sp³-hybridized carbons (Fsp3) is 0.524. The summed E-state index contributed by atoms with van der Waals surface area (Å²) in [5.41, 5.74) is 0. The van der Waals surface area contributed by atoms with Crippen molar-refractivity contribution in [3.8, 4) is 36.0 Å². The van der Waals surface area contributed by atoms with Gasteiger partial charge in [0.05, 0.1) is 9.81 Å². The maximum Gasteiger partial charge on any atom is 0.0584 e. The minimum Gasteiger partial charge on any atom is -0.117 e. The predicted octanol–water partition coefficient (Wildman–Crippen LogP) is 6.56. The van der Waals surface area contributed by atoms with Gasteiger partial charge in [-0.25, -0.2) is 0 Å². The lowest BCUT2D eigenvalue weighted by molar-refractivity contribution is 1.38. The van der Waals surface area contributed by atoms with Crippen molar-refractivity contribution in [2.24, 2.45) is 0 Å². The van der Waals surface area contributed by atoms with E-state index in [0.29, 0.717) is 0 Å². The van der Waals surface area contributed by atoms with Gasteiger partial charge in [0.2, 0.25) is 0 Å². The Hall–Kier alpha value is -0.706. The highest BCUT2D eigenvalue weighted by Gasteiger charge is 2.13. The number of hydrogen-bond acceptors (Lipinski definition) is 2. The average Bonchev–Trinajstić information content (AvgIpc) is 2.46. The van der Waals surface area contributed by atoms with Gasteiger partial charge in [-0.1, -0.05) is 45.2 Å². The summed E-state index contributed by atoms with van der Waals surface area (Å²) in [4.78, 5) is 2.16. The number of hydrogen-bond donors (Lipinski definition) is 0. The molecular formula is C21H32S2Si2. The van der Waals surface area contributed by atoms with Gasteiger partial charge in [0, 0.05) is 16.1 Å². The zero-order valence-electron chi connectivity index (χ0n) is 16.9. The van der Waals surface area contributed by atoms with Crippen LogP contribution >= 0.6 is 23.5 Å². The van der Waals surface area contributed by atoms with Gasteiger partial charge in [0.15, 0.2) is 0 Å². The summed E-state index contributed by atoms with van der Waals surface area (Å²) in [6, 6.07) is 2.59. The highest BCUT2D eigenvalue weighted by atomic mass is 32.2. The van der Waals surface area contributed by atoms with E-state index in [1.165, 1.54) is 12.1 Å². The van der Waals surface area contributed by atoms with Gasteiger partial charge < -0.3 is 0 Å². The smallest absolute Gasteiger partial charge is 0.0584 e. The predicted molar refractivity (Wildman–Crippen MR) is 127 cm³/mol. The summed E-state index contributed by atoms with van der Waals surface area (Å²) in [6.07, 6.45) is 9.48. The number of allylic oxidation sites excluding steroid dienone is 4. The SMILES string of the molecule is C#CC#C/C(=C/C=C(/C#CC)SCC[Si](C)(C)C)SCC[Si](C)(C)C. The molecule has 0 unspecified atom stereocenters. The lowest BCUT2D eigenvalue weighted by Crippen LogP contribution is -2.19. The molecule has 4 heteroatoms. The van der Waals surface area contributed by atoms with Crippen LogP contribution in [0.3, 0.4) is 0 Å². The molecular weight excluding hydrogens is 373 g/mol. The van der Waals surface area contributed by atoms with Crippen molar-refractivity contribution in [2.75, 3.05) is 11.5 Å². The van der Waals surface area contributed by atoms with Crippen molar-refractivity contribution in [3.63, 3.8) is 0 Å². The second-order valence-corrected chi connectivity index (χ2v) is 21.7. The van der Waals surface area contributed by atoms with E-state index < -0.39 is 16.1 Å². The van der Waals surface area contributed by atoms with Crippen LogP contribution in [-0.4, -0.2) is 27.7 Å². The second-order valence-electron chi connectivity index (χ2n) is 8.15. The van der Waals surface area contributed by atoms with E-state index in [1.54, 1.807) is 0 Å². The van der Waals surface area contributed by atoms with Crippen LogP contribution in [0.5, 0.6) is 0 Å². The molecule has 136 valence electrons. The Labute approximate surface area is 167 Å². The van der Waals surface area contributed by atoms with Gasteiger partial charge in [-0.15, -0.1) is 35.9 Å². The van der Waals surface area contributed by atoms with E-state index in [-0.39, 0.29) is 0 Å². The van der Waals surface area contributed by atoms with Gasteiger partial charge in [0.1, 0.15) is 0 Å². The van der Waals surface area contributed by atoms with Crippen LogP contribution in [0.15, 0.2) is 22.0 Å².